The Balaban J connectivity index is 2.39. The SMILES string of the molecule is CC(=O)N[C@H]1[C@H]([C@H](O)[C@H](O)CO)O[C@](O)(C(=O)O)C[C@@H]1NC(=O)c1ccc(N=[N+]=[N-])cc1. The van der Waals surface area contributed by atoms with E-state index in [1.54, 1.807) is 0 Å². The highest BCUT2D eigenvalue weighted by molar-refractivity contribution is 5.94. The highest BCUT2D eigenvalue weighted by Gasteiger charge is 2.54. The second kappa shape index (κ2) is 10.4. The van der Waals surface area contributed by atoms with Crippen LogP contribution in [-0.2, 0) is 14.3 Å². The fraction of sp³-hybridized carbons (Fsp3) is 0.500. The van der Waals surface area contributed by atoms with Crippen LogP contribution in [0.15, 0.2) is 29.4 Å². The molecule has 14 heteroatoms. The van der Waals surface area contributed by atoms with E-state index in [4.69, 9.17) is 15.4 Å². The summed E-state index contributed by atoms with van der Waals surface area (Å²) in [6.45, 7) is 0.200. The quantitative estimate of drug-likeness (QED) is 0.138. The summed E-state index contributed by atoms with van der Waals surface area (Å²) in [6, 6.07) is 2.83. The van der Waals surface area contributed by atoms with Crippen LogP contribution in [0, 0.1) is 0 Å². The van der Waals surface area contributed by atoms with Gasteiger partial charge in [0, 0.05) is 29.5 Å². The van der Waals surface area contributed by atoms with Crippen LogP contribution in [0.5, 0.6) is 0 Å². The summed E-state index contributed by atoms with van der Waals surface area (Å²) in [5, 5.41) is 57.4. The van der Waals surface area contributed by atoms with Crippen molar-refractivity contribution >= 4 is 23.5 Å². The number of aliphatic carboxylic acids is 1. The lowest BCUT2D eigenvalue weighted by Gasteiger charge is -2.46. The fourth-order valence-electron chi connectivity index (χ4n) is 3.29. The van der Waals surface area contributed by atoms with Crippen molar-refractivity contribution in [2.45, 2.75) is 49.5 Å². The van der Waals surface area contributed by atoms with Crippen LogP contribution in [-0.4, -0.2) is 86.1 Å². The average molecular weight is 453 g/mol. The Morgan fingerprint density at radius 1 is 1.28 bits per heavy atom. The van der Waals surface area contributed by atoms with Crippen molar-refractivity contribution in [1.82, 2.24) is 10.6 Å². The summed E-state index contributed by atoms with van der Waals surface area (Å²) in [5.41, 5.74) is 8.77. The van der Waals surface area contributed by atoms with Gasteiger partial charge in [0.1, 0.15) is 18.3 Å². The van der Waals surface area contributed by atoms with Gasteiger partial charge in [0.2, 0.25) is 5.91 Å². The number of ether oxygens (including phenoxy) is 1. The number of nitrogens with one attached hydrogen (secondary N) is 2. The molecule has 7 N–H and O–H groups in total. The molecular weight excluding hydrogens is 430 g/mol. The predicted octanol–water partition coefficient (Wildman–Crippen LogP) is -1.49. The number of aliphatic hydroxyl groups excluding tert-OH is 3. The molecule has 1 aliphatic rings. The maximum Gasteiger partial charge on any atom is 0.364 e. The molecule has 0 unspecified atom stereocenters. The van der Waals surface area contributed by atoms with Gasteiger partial charge in [-0.05, 0) is 17.7 Å². The Labute approximate surface area is 181 Å². The van der Waals surface area contributed by atoms with E-state index in [0.29, 0.717) is 0 Å². The number of amides is 2. The lowest BCUT2D eigenvalue weighted by atomic mass is 9.86. The summed E-state index contributed by atoms with van der Waals surface area (Å²) in [4.78, 5) is 38.7. The van der Waals surface area contributed by atoms with Crippen molar-refractivity contribution in [2.24, 2.45) is 5.11 Å². The van der Waals surface area contributed by atoms with Gasteiger partial charge in [-0.15, -0.1) is 0 Å². The Morgan fingerprint density at radius 3 is 2.41 bits per heavy atom. The molecule has 6 atom stereocenters. The number of aliphatic hydroxyl groups is 4. The van der Waals surface area contributed by atoms with E-state index < -0.39 is 67.0 Å². The molecule has 0 aliphatic carbocycles. The minimum absolute atomic E-state index is 0.0845. The molecule has 1 aromatic carbocycles. The van der Waals surface area contributed by atoms with Gasteiger partial charge >= 0.3 is 5.97 Å². The van der Waals surface area contributed by atoms with Gasteiger partial charge < -0.3 is 40.9 Å². The van der Waals surface area contributed by atoms with Gasteiger partial charge in [0.05, 0.1) is 18.7 Å². The Hall–Kier alpha value is -3.26. The van der Waals surface area contributed by atoms with Crippen LogP contribution in [0.2, 0.25) is 0 Å². The van der Waals surface area contributed by atoms with Gasteiger partial charge in [0.25, 0.3) is 11.7 Å². The van der Waals surface area contributed by atoms with Crippen LogP contribution >= 0.6 is 0 Å². The van der Waals surface area contributed by atoms with Gasteiger partial charge in [0.15, 0.2) is 0 Å². The van der Waals surface area contributed by atoms with Crippen molar-refractivity contribution in [1.29, 1.82) is 0 Å². The number of rotatable bonds is 8. The predicted molar refractivity (Wildman–Crippen MR) is 105 cm³/mol. The van der Waals surface area contributed by atoms with Crippen LogP contribution in [0.25, 0.3) is 10.4 Å². The molecule has 1 aliphatic heterocycles. The molecule has 0 radical (unpaired) electrons. The molecule has 1 aromatic rings. The molecule has 1 fully saturated rings. The average Bonchev–Trinajstić information content (AvgIpc) is 2.74. The van der Waals surface area contributed by atoms with Gasteiger partial charge in [-0.1, -0.05) is 17.2 Å². The molecule has 0 bridgehead atoms. The molecule has 0 saturated carbocycles. The summed E-state index contributed by atoms with van der Waals surface area (Å²) in [5.74, 6) is -6.07. The van der Waals surface area contributed by atoms with E-state index in [1.807, 2.05) is 0 Å². The van der Waals surface area contributed by atoms with Crippen LogP contribution < -0.4 is 10.6 Å². The van der Waals surface area contributed by atoms with Crippen LogP contribution in [0.4, 0.5) is 5.69 Å². The van der Waals surface area contributed by atoms with Crippen molar-refractivity contribution in [2.75, 3.05) is 6.61 Å². The standard InChI is InChI=1S/C18H23N5O9/c1-8(25)20-13-11(21-16(28)9-2-4-10(5-3-9)22-23-19)6-18(31,17(29)30)32-15(13)14(27)12(26)7-24/h2-5,11-15,24,26-27,31H,6-7H2,1H3,(H,20,25)(H,21,28)(H,29,30)/t11-,12+,13+,14+,15+,18-/m0/s1. The number of carbonyl (C=O) groups excluding carboxylic acids is 2. The van der Waals surface area contributed by atoms with Crippen molar-refractivity contribution in [3.63, 3.8) is 0 Å². The maximum atomic E-state index is 12.7. The highest BCUT2D eigenvalue weighted by atomic mass is 16.7. The Morgan fingerprint density at radius 2 is 1.91 bits per heavy atom. The van der Waals surface area contributed by atoms with E-state index in [0.717, 1.165) is 6.92 Å². The number of hydrogen-bond acceptors (Lipinski definition) is 9. The van der Waals surface area contributed by atoms with Crippen molar-refractivity contribution in [3.8, 4) is 0 Å². The molecule has 1 saturated heterocycles. The number of carbonyl (C=O) groups is 3. The zero-order valence-electron chi connectivity index (χ0n) is 16.8. The summed E-state index contributed by atoms with van der Waals surface area (Å²) in [7, 11) is 0. The van der Waals surface area contributed by atoms with Gasteiger partial charge in [-0.25, -0.2) is 4.79 Å². The molecule has 2 amide bonds. The Kier molecular flexibility index (Phi) is 8.10. The van der Waals surface area contributed by atoms with Crippen molar-refractivity contribution in [3.05, 3.63) is 40.3 Å². The molecule has 0 spiro atoms. The zero-order valence-corrected chi connectivity index (χ0v) is 16.8. The van der Waals surface area contributed by atoms with Crippen molar-refractivity contribution < 1.29 is 44.7 Å². The second-order valence-electron chi connectivity index (χ2n) is 7.16. The van der Waals surface area contributed by atoms with E-state index in [1.165, 1.54) is 24.3 Å². The molecule has 32 heavy (non-hydrogen) atoms. The number of carboxylic acids is 1. The van der Waals surface area contributed by atoms with Crippen LogP contribution in [0.1, 0.15) is 23.7 Å². The van der Waals surface area contributed by atoms with Gasteiger partial charge in [-0.2, -0.15) is 0 Å². The smallest absolute Gasteiger partial charge is 0.364 e. The first-order valence-corrected chi connectivity index (χ1v) is 9.36. The van der Waals surface area contributed by atoms with E-state index in [2.05, 4.69) is 20.7 Å². The monoisotopic (exact) mass is 453 g/mol. The first kappa shape index (κ1) is 25.0. The lowest BCUT2D eigenvalue weighted by molar-refractivity contribution is -0.283. The molecule has 14 nitrogen and oxygen atoms in total. The molecule has 2 rings (SSSR count). The first-order chi connectivity index (χ1) is 15.0. The third-order valence-electron chi connectivity index (χ3n) is 4.84. The second-order valence-corrected chi connectivity index (χ2v) is 7.16. The lowest BCUT2D eigenvalue weighted by Crippen LogP contribution is -2.70. The number of azide groups is 1. The zero-order chi connectivity index (χ0) is 24.1. The normalized spacial score (nSPS) is 26.8. The van der Waals surface area contributed by atoms with Crippen LogP contribution in [0.3, 0.4) is 0 Å². The van der Waals surface area contributed by atoms with E-state index in [9.17, 15) is 34.8 Å². The minimum Gasteiger partial charge on any atom is -0.477 e. The van der Waals surface area contributed by atoms with E-state index in [-0.39, 0.29) is 11.3 Å². The summed E-state index contributed by atoms with van der Waals surface area (Å²) < 4.78 is 5.12. The topological polar surface area (TPSA) is 234 Å². The summed E-state index contributed by atoms with van der Waals surface area (Å²) >= 11 is 0. The maximum absolute atomic E-state index is 12.7. The third kappa shape index (κ3) is 5.70. The molecule has 174 valence electrons. The molecule has 1 heterocycles. The first-order valence-electron chi connectivity index (χ1n) is 9.36. The molecular formula is C18H23N5O9. The third-order valence-corrected chi connectivity index (χ3v) is 4.84. The van der Waals surface area contributed by atoms with Gasteiger partial charge in [-0.3, -0.25) is 9.59 Å². The minimum atomic E-state index is -2.88. The highest BCUT2D eigenvalue weighted by Crippen LogP contribution is 2.31. The number of hydrogen-bond donors (Lipinski definition) is 7. The number of nitrogens with zero attached hydrogens (tertiary/aromatic N) is 3. The largest absolute Gasteiger partial charge is 0.477 e. The van der Waals surface area contributed by atoms with E-state index >= 15 is 0 Å². The number of carboxylic acid groups (broad SMARTS) is 1. The Bertz CT molecular complexity index is 905. The summed E-state index contributed by atoms with van der Waals surface area (Å²) in [6.07, 6.45) is -6.15. The molecule has 0 aromatic heterocycles. The fourth-order valence-corrected chi connectivity index (χ4v) is 3.29. The number of benzene rings is 1.